The lowest BCUT2D eigenvalue weighted by Gasteiger charge is -2.09. The minimum atomic E-state index is -0.272. The zero-order chi connectivity index (χ0) is 23.0. The molecule has 3 aromatic carbocycles. The molecule has 6 heteroatoms. The maximum Gasteiger partial charge on any atom is 0.271 e. The molecule has 1 heterocycles. The molecule has 0 bridgehead atoms. The topological polar surface area (TPSA) is 68.5 Å². The van der Waals surface area contributed by atoms with Crippen molar-refractivity contribution in [2.75, 3.05) is 0 Å². The Morgan fingerprint density at radius 3 is 2.42 bits per heavy atom. The van der Waals surface area contributed by atoms with Crippen molar-refractivity contribution in [3.8, 4) is 5.75 Å². The van der Waals surface area contributed by atoms with Gasteiger partial charge in [-0.2, -0.15) is 10.2 Å². The van der Waals surface area contributed by atoms with Crippen LogP contribution < -0.4 is 10.2 Å². The lowest BCUT2D eigenvalue weighted by molar-refractivity contribution is 0.0955. The number of nitrogens with zero attached hydrogens (tertiary/aromatic N) is 3. The predicted octanol–water partition coefficient (Wildman–Crippen LogP) is 4.89. The minimum Gasteiger partial charge on any atom is -0.488 e. The first-order valence-electron chi connectivity index (χ1n) is 10.8. The molecule has 0 radical (unpaired) electrons. The molecule has 0 atom stereocenters. The number of aryl methyl sites for hydroxylation is 2. The van der Waals surface area contributed by atoms with E-state index in [4.69, 9.17) is 4.74 Å². The maximum absolute atomic E-state index is 12.5. The van der Waals surface area contributed by atoms with E-state index in [2.05, 4.69) is 15.6 Å². The van der Waals surface area contributed by atoms with Crippen molar-refractivity contribution in [2.24, 2.45) is 5.10 Å². The summed E-state index contributed by atoms with van der Waals surface area (Å²) in [6.45, 7) is 5.14. The lowest BCUT2D eigenvalue weighted by atomic mass is 10.1. The van der Waals surface area contributed by atoms with Crippen molar-refractivity contribution in [2.45, 2.75) is 27.0 Å². The van der Waals surface area contributed by atoms with Crippen LogP contribution in [0.4, 0.5) is 0 Å². The fraction of sp³-hybridized carbons (Fsp3) is 0.148. The third-order valence-corrected chi connectivity index (χ3v) is 5.18. The summed E-state index contributed by atoms with van der Waals surface area (Å²) in [5.41, 5.74) is 8.17. The van der Waals surface area contributed by atoms with E-state index >= 15 is 0 Å². The highest BCUT2D eigenvalue weighted by atomic mass is 16.5. The fourth-order valence-corrected chi connectivity index (χ4v) is 3.45. The standard InChI is InChI=1S/C27H26N4O2/c1-20-16-21(2)31(30-20)18-22-12-14-24(15-13-22)27(32)29-28-17-25-10-6-7-11-26(25)33-19-23-8-4-3-5-9-23/h3-17H,18-19H2,1-2H3,(H,29,32)/b28-17-. The number of carbonyl (C=O) groups is 1. The van der Waals surface area contributed by atoms with Gasteiger partial charge in [0.05, 0.1) is 18.5 Å². The largest absolute Gasteiger partial charge is 0.488 e. The van der Waals surface area contributed by atoms with Gasteiger partial charge in [-0.3, -0.25) is 9.48 Å². The second-order valence-electron chi connectivity index (χ2n) is 7.79. The zero-order valence-corrected chi connectivity index (χ0v) is 18.7. The molecule has 166 valence electrons. The van der Waals surface area contributed by atoms with Crippen LogP contribution >= 0.6 is 0 Å². The Morgan fingerprint density at radius 2 is 1.70 bits per heavy atom. The minimum absolute atomic E-state index is 0.272. The van der Waals surface area contributed by atoms with E-state index in [1.807, 2.05) is 91.3 Å². The predicted molar refractivity (Wildman–Crippen MR) is 130 cm³/mol. The molecule has 1 aromatic heterocycles. The number of aromatic nitrogens is 2. The number of nitrogens with one attached hydrogen (secondary N) is 1. The molecule has 0 aliphatic carbocycles. The summed E-state index contributed by atoms with van der Waals surface area (Å²) >= 11 is 0. The van der Waals surface area contributed by atoms with E-state index in [-0.39, 0.29) is 5.91 Å². The lowest BCUT2D eigenvalue weighted by Crippen LogP contribution is -2.17. The van der Waals surface area contributed by atoms with Crippen molar-refractivity contribution >= 4 is 12.1 Å². The Bertz CT molecular complexity index is 1240. The number of benzene rings is 3. The molecule has 4 aromatic rings. The molecule has 0 fully saturated rings. The first kappa shape index (κ1) is 22.0. The number of hydrogen-bond acceptors (Lipinski definition) is 4. The summed E-state index contributed by atoms with van der Waals surface area (Å²) in [6.07, 6.45) is 1.59. The number of hydrogen-bond donors (Lipinski definition) is 1. The van der Waals surface area contributed by atoms with Gasteiger partial charge in [-0.05, 0) is 55.3 Å². The fourth-order valence-electron chi connectivity index (χ4n) is 3.45. The average Bonchev–Trinajstić information content (AvgIpc) is 3.15. The molecule has 1 amide bonds. The molecule has 0 aliphatic heterocycles. The summed E-state index contributed by atoms with van der Waals surface area (Å²) in [5.74, 6) is 0.430. The van der Waals surface area contributed by atoms with Crippen LogP contribution in [0.25, 0.3) is 0 Å². The van der Waals surface area contributed by atoms with Crippen LogP contribution in [0.3, 0.4) is 0 Å². The monoisotopic (exact) mass is 438 g/mol. The van der Waals surface area contributed by atoms with Gasteiger partial charge in [0.25, 0.3) is 5.91 Å². The van der Waals surface area contributed by atoms with Gasteiger partial charge in [-0.15, -0.1) is 0 Å². The summed E-state index contributed by atoms with van der Waals surface area (Å²) in [4.78, 5) is 12.5. The van der Waals surface area contributed by atoms with Gasteiger partial charge in [0, 0.05) is 16.8 Å². The van der Waals surface area contributed by atoms with Crippen molar-refractivity contribution in [3.05, 3.63) is 119 Å². The van der Waals surface area contributed by atoms with E-state index in [0.29, 0.717) is 24.5 Å². The van der Waals surface area contributed by atoms with Crippen molar-refractivity contribution in [1.82, 2.24) is 15.2 Å². The molecule has 0 unspecified atom stereocenters. The molecule has 4 rings (SSSR count). The Balaban J connectivity index is 1.35. The number of carbonyl (C=O) groups excluding carboxylic acids is 1. The summed E-state index contributed by atoms with van der Waals surface area (Å²) in [5, 5.41) is 8.60. The molecular weight excluding hydrogens is 412 g/mol. The third kappa shape index (κ3) is 5.95. The van der Waals surface area contributed by atoms with Gasteiger partial charge in [0.15, 0.2) is 0 Å². The Hall–Kier alpha value is -4.19. The summed E-state index contributed by atoms with van der Waals surface area (Å²) in [6, 6.07) is 27.0. The van der Waals surface area contributed by atoms with Crippen LogP contribution in [0.1, 0.15) is 38.4 Å². The molecule has 6 nitrogen and oxygen atoms in total. The average molecular weight is 439 g/mol. The van der Waals surface area contributed by atoms with E-state index in [1.54, 1.807) is 18.3 Å². The van der Waals surface area contributed by atoms with Crippen molar-refractivity contribution < 1.29 is 9.53 Å². The third-order valence-electron chi connectivity index (χ3n) is 5.18. The number of ether oxygens (including phenoxy) is 1. The van der Waals surface area contributed by atoms with Gasteiger partial charge in [0.1, 0.15) is 12.4 Å². The number of para-hydroxylation sites is 1. The highest BCUT2D eigenvalue weighted by molar-refractivity contribution is 5.95. The van der Waals surface area contributed by atoms with Gasteiger partial charge >= 0.3 is 0 Å². The smallest absolute Gasteiger partial charge is 0.271 e. The number of rotatable bonds is 8. The Kier molecular flexibility index (Phi) is 6.95. The quantitative estimate of drug-likeness (QED) is 0.315. The first-order valence-corrected chi connectivity index (χ1v) is 10.8. The van der Waals surface area contributed by atoms with Gasteiger partial charge in [-0.25, -0.2) is 5.43 Å². The molecule has 0 spiro atoms. The Morgan fingerprint density at radius 1 is 0.970 bits per heavy atom. The van der Waals surface area contributed by atoms with Gasteiger partial charge in [-0.1, -0.05) is 54.6 Å². The van der Waals surface area contributed by atoms with Crippen molar-refractivity contribution in [1.29, 1.82) is 0 Å². The second-order valence-corrected chi connectivity index (χ2v) is 7.79. The molecular formula is C27H26N4O2. The summed E-state index contributed by atoms with van der Waals surface area (Å²) < 4.78 is 7.88. The number of amides is 1. The molecule has 0 saturated heterocycles. The van der Waals surface area contributed by atoms with E-state index in [1.165, 1.54) is 0 Å². The molecule has 1 N–H and O–H groups in total. The maximum atomic E-state index is 12.5. The van der Waals surface area contributed by atoms with Crippen LogP contribution in [0.2, 0.25) is 0 Å². The van der Waals surface area contributed by atoms with Crippen LogP contribution in [-0.2, 0) is 13.2 Å². The number of hydrazone groups is 1. The SMILES string of the molecule is Cc1cc(C)n(Cc2ccc(C(=O)N/N=C\c3ccccc3OCc3ccccc3)cc2)n1. The normalized spacial score (nSPS) is 11.0. The van der Waals surface area contributed by atoms with E-state index in [0.717, 1.165) is 28.1 Å². The zero-order valence-electron chi connectivity index (χ0n) is 18.7. The van der Waals surface area contributed by atoms with Gasteiger partial charge in [0.2, 0.25) is 0 Å². The molecule has 0 aliphatic rings. The highest BCUT2D eigenvalue weighted by Crippen LogP contribution is 2.17. The Labute approximate surface area is 193 Å². The van der Waals surface area contributed by atoms with E-state index in [9.17, 15) is 4.79 Å². The highest BCUT2D eigenvalue weighted by Gasteiger charge is 2.07. The van der Waals surface area contributed by atoms with E-state index < -0.39 is 0 Å². The van der Waals surface area contributed by atoms with Crippen LogP contribution in [0, 0.1) is 13.8 Å². The van der Waals surface area contributed by atoms with Crippen molar-refractivity contribution in [3.63, 3.8) is 0 Å². The summed E-state index contributed by atoms with van der Waals surface area (Å²) in [7, 11) is 0. The van der Waals surface area contributed by atoms with Gasteiger partial charge < -0.3 is 4.74 Å². The van der Waals surface area contributed by atoms with Crippen LogP contribution in [-0.4, -0.2) is 21.9 Å². The molecule has 0 saturated carbocycles. The second kappa shape index (κ2) is 10.4. The van der Waals surface area contributed by atoms with Crippen LogP contribution in [0.15, 0.2) is 90.0 Å². The van der Waals surface area contributed by atoms with Crippen LogP contribution in [0.5, 0.6) is 5.75 Å². The molecule has 33 heavy (non-hydrogen) atoms. The first-order chi connectivity index (χ1) is 16.1.